The van der Waals surface area contributed by atoms with Crippen LogP contribution in [0.5, 0.6) is 0 Å². The molecule has 0 aromatic heterocycles. The summed E-state index contributed by atoms with van der Waals surface area (Å²) >= 11 is 0. The van der Waals surface area contributed by atoms with Crippen molar-refractivity contribution >= 4 is 0 Å². The van der Waals surface area contributed by atoms with E-state index in [1.165, 1.54) is 6.08 Å². The number of rotatable bonds is 3. The smallest absolute Gasteiger partial charge is 0.0827 e. The van der Waals surface area contributed by atoms with Crippen LogP contribution >= 0.6 is 0 Å². The molecule has 0 aliphatic heterocycles. The summed E-state index contributed by atoms with van der Waals surface area (Å²) in [6.07, 6.45) is 2.61. The SMILES string of the molecule is COCC/C=C/F. The third-order valence-electron chi connectivity index (χ3n) is 0.578. The monoisotopic (exact) mass is 104 g/mol. The van der Waals surface area contributed by atoms with Gasteiger partial charge in [-0.1, -0.05) is 6.08 Å². The normalized spacial score (nSPS) is 10.6. The Hall–Kier alpha value is -0.370. The first-order valence-corrected chi connectivity index (χ1v) is 2.16. The second-order valence-corrected chi connectivity index (χ2v) is 1.14. The van der Waals surface area contributed by atoms with Crippen molar-refractivity contribution in [1.82, 2.24) is 0 Å². The van der Waals surface area contributed by atoms with Crippen LogP contribution in [0.2, 0.25) is 0 Å². The lowest BCUT2D eigenvalue weighted by Gasteiger charge is -1.86. The predicted molar refractivity (Wildman–Crippen MR) is 26.7 cm³/mol. The van der Waals surface area contributed by atoms with Crippen molar-refractivity contribution in [3.8, 4) is 0 Å². The molecule has 0 atom stereocenters. The van der Waals surface area contributed by atoms with E-state index in [-0.39, 0.29) is 0 Å². The van der Waals surface area contributed by atoms with Crippen LogP contribution in [0.25, 0.3) is 0 Å². The van der Waals surface area contributed by atoms with Gasteiger partial charge in [-0.15, -0.1) is 0 Å². The second kappa shape index (κ2) is 5.63. The summed E-state index contributed by atoms with van der Waals surface area (Å²) in [6.45, 7) is 0.598. The van der Waals surface area contributed by atoms with Gasteiger partial charge in [0.1, 0.15) is 0 Å². The first-order valence-electron chi connectivity index (χ1n) is 2.16. The van der Waals surface area contributed by atoms with E-state index < -0.39 is 0 Å². The molecule has 0 spiro atoms. The molecule has 0 saturated heterocycles. The van der Waals surface area contributed by atoms with E-state index in [9.17, 15) is 4.39 Å². The molecular weight excluding hydrogens is 95.1 g/mol. The third-order valence-corrected chi connectivity index (χ3v) is 0.578. The van der Waals surface area contributed by atoms with Gasteiger partial charge in [0.15, 0.2) is 0 Å². The highest BCUT2D eigenvalue weighted by molar-refractivity contribution is 4.70. The molecule has 0 rings (SSSR count). The molecule has 42 valence electrons. The van der Waals surface area contributed by atoms with E-state index >= 15 is 0 Å². The topological polar surface area (TPSA) is 9.23 Å². The fraction of sp³-hybridized carbons (Fsp3) is 0.600. The molecule has 0 radical (unpaired) electrons. The van der Waals surface area contributed by atoms with Crippen LogP contribution in [-0.4, -0.2) is 13.7 Å². The molecule has 0 bridgehead atoms. The van der Waals surface area contributed by atoms with Crippen LogP contribution in [0.4, 0.5) is 4.39 Å². The Labute approximate surface area is 42.8 Å². The molecule has 0 N–H and O–H groups in total. The Morgan fingerprint density at radius 2 is 2.43 bits per heavy atom. The zero-order valence-electron chi connectivity index (χ0n) is 4.36. The van der Waals surface area contributed by atoms with Crippen molar-refractivity contribution in [1.29, 1.82) is 0 Å². The summed E-state index contributed by atoms with van der Waals surface area (Å²) in [6, 6.07) is 0. The van der Waals surface area contributed by atoms with Crippen molar-refractivity contribution in [3.05, 3.63) is 12.4 Å². The van der Waals surface area contributed by atoms with Gasteiger partial charge < -0.3 is 4.74 Å². The summed E-state index contributed by atoms with van der Waals surface area (Å²) in [5, 5.41) is 0. The van der Waals surface area contributed by atoms with Crippen molar-refractivity contribution in [2.24, 2.45) is 0 Å². The Morgan fingerprint density at radius 3 is 2.86 bits per heavy atom. The first kappa shape index (κ1) is 6.63. The average molecular weight is 104 g/mol. The van der Waals surface area contributed by atoms with E-state index in [0.29, 0.717) is 19.4 Å². The highest BCUT2D eigenvalue weighted by atomic mass is 19.1. The van der Waals surface area contributed by atoms with Crippen LogP contribution in [0, 0.1) is 0 Å². The van der Waals surface area contributed by atoms with E-state index in [4.69, 9.17) is 0 Å². The summed E-state index contributed by atoms with van der Waals surface area (Å²) in [5.74, 6) is 0. The standard InChI is InChI=1S/C5H9FO/c1-7-5-3-2-4-6/h2,4H,3,5H2,1H3/b4-2+. The van der Waals surface area contributed by atoms with Crippen molar-refractivity contribution in [3.63, 3.8) is 0 Å². The van der Waals surface area contributed by atoms with Gasteiger partial charge >= 0.3 is 0 Å². The second-order valence-electron chi connectivity index (χ2n) is 1.14. The van der Waals surface area contributed by atoms with Crippen LogP contribution in [0.3, 0.4) is 0 Å². The van der Waals surface area contributed by atoms with Crippen LogP contribution < -0.4 is 0 Å². The van der Waals surface area contributed by atoms with Crippen LogP contribution in [-0.2, 0) is 4.74 Å². The molecule has 0 amide bonds. The maximum atomic E-state index is 11.1. The van der Waals surface area contributed by atoms with E-state index in [1.54, 1.807) is 7.11 Å². The van der Waals surface area contributed by atoms with E-state index in [0.717, 1.165) is 0 Å². The highest BCUT2D eigenvalue weighted by Gasteiger charge is 1.73. The third kappa shape index (κ3) is 5.63. The van der Waals surface area contributed by atoms with Gasteiger partial charge in [-0.3, -0.25) is 0 Å². The molecular formula is C5H9FO. The number of methoxy groups -OCH3 is 1. The molecule has 7 heavy (non-hydrogen) atoms. The molecule has 0 saturated carbocycles. The Kier molecular flexibility index (Phi) is 5.33. The largest absolute Gasteiger partial charge is 0.384 e. The minimum Gasteiger partial charge on any atom is -0.384 e. The number of hydrogen-bond donors (Lipinski definition) is 0. The minimum absolute atomic E-state index is 0.527. The number of halogens is 1. The molecule has 0 fully saturated rings. The number of ether oxygens (including phenoxy) is 1. The van der Waals surface area contributed by atoms with Gasteiger partial charge in [-0.05, 0) is 6.42 Å². The van der Waals surface area contributed by atoms with Crippen LogP contribution in [0.15, 0.2) is 12.4 Å². The molecule has 0 aromatic rings. The minimum atomic E-state index is 0.527. The van der Waals surface area contributed by atoms with Gasteiger partial charge in [-0.2, -0.15) is 0 Å². The van der Waals surface area contributed by atoms with Gasteiger partial charge in [0.25, 0.3) is 0 Å². The molecule has 2 heteroatoms. The Bertz CT molecular complexity index is 52.0. The van der Waals surface area contributed by atoms with Gasteiger partial charge in [0.2, 0.25) is 0 Å². The van der Waals surface area contributed by atoms with Gasteiger partial charge in [-0.25, -0.2) is 4.39 Å². The quantitative estimate of drug-likeness (QED) is 0.493. The fourth-order valence-electron chi connectivity index (χ4n) is 0.249. The molecule has 0 unspecified atom stereocenters. The Balaban J connectivity index is 2.69. The Morgan fingerprint density at radius 1 is 1.71 bits per heavy atom. The average Bonchev–Trinajstić information content (AvgIpc) is 1.69. The first-order chi connectivity index (χ1) is 3.41. The zero-order valence-corrected chi connectivity index (χ0v) is 4.36. The van der Waals surface area contributed by atoms with Crippen molar-refractivity contribution in [2.45, 2.75) is 6.42 Å². The summed E-state index contributed by atoms with van der Waals surface area (Å²) < 4.78 is 15.7. The maximum absolute atomic E-state index is 11.1. The van der Waals surface area contributed by atoms with Gasteiger partial charge in [0.05, 0.1) is 6.33 Å². The summed E-state index contributed by atoms with van der Waals surface area (Å²) in [7, 11) is 1.59. The van der Waals surface area contributed by atoms with Crippen molar-refractivity contribution < 1.29 is 9.13 Å². The lowest BCUT2D eigenvalue weighted by Crippen LogP contribution is -1.82. The van der Waals surface area contributed by atoms with Crippen molar-refractivity contribution in [2.75, 3.05) is 13.7 Å². The fourth-order valence-corrected chi connectivity index (χ4v) is 0.249. The predicted octanol–water partition coefficient (Wildman–Crippen LogP) is 1.51. The summed E-state index contributed by atoms with van der Waals surface area (Å²) in [4.78, 5) is 0. The van der Waals surface area contributed by atoms with Crippen LogP contribution in [0.1, 0.15) is 6.42 Å². The van der Waals surface area contributed by atoms with E-state index in [1.807, 2.05) is 0 Å². The molecule has 0 aliphatic rings. The lowest BCUT2D eigenvalue weighted by atomic mass is 10.5. The van der Waals surface area contributed by atoms with Gasteiger partial charge in [0, 0.05) is 13.7 Å². The zero-order chi connectivity index (χ0) is 5.54. The number of hydrogen-bond acceptors (Lipinski definition) is 1. The molecule has 0 heterocycles. The summed E-state index contributed by atoms with van der Waals surface area (Å²) in [5.41, 5.74) is 0. The molecule has 1 nitrogen and oxygen atoms in total. The maximum Gasteiger partial charge on any atom is 0.0827 e. The lowest BCUT2D eigenvalue weighted by molar-refractivity contribution is 0.204. The van der Waals surface area contributed by atoms with E-state index in [2.05, 4.69) is 4.74 Å². The molecule has 0 aromatic carbocycles. The molecule has 0 aliphatic carbocycles. The highest BCUT2D eigenvalue weighted by Crippen LogP contribution is 1.81.